The Labute approximate surface area is 144 Å². The number of ether oxygens (including phenoxy) is 1. The second kappa shape index (κ2) is 8.68. The number of carbonyl (C=O) groups is 1. The van der Waals surface area contributed by atoms with Crippen LogP contribution < -0.4 is 4.74 Å². The Kier molecular flexibility index (Phi) is 6.94. The molecule has 0 aliphatic rings. The summed E-state index contributed by atoms with van der Waals surface area (Å²) in [5, 5.41) is 0. The fourth-order valence-electron chi connectivity index (χ4n) is 2.20. The Hall–Kier alpha value is -2.87. The Bertz CT molecular complexity index is 757. The van der Waals surface area contributed by atoms with Crippen molar-refractivity contribution < 1.29 is 9.53 Å². The van der Waals surface area contributed by atoms with Crippen LogP contribution in [-0.2, 0) is 0 Å². The Morgan fingerprint density at radius 1 is 0.708 bits per heavy atom. The van der Waals surface area contributed by atoms with Crippen LogP contribution in [0.1, 0.15) is 30.8 Å². The van der Waals surface area contributed by atoms with Gasteiger partial charge in [-0.15, -0.1) is 0 Å². The molecule has 3 aromatic carbocycles. The lowest BCUT2D eigenvalue weighted by molar-refractivity contribution is 0.0735. The molecule has 3 aromatic rings. The van der Waals surface area contributed by atoms with Crippen LogP contribution in [0.4, 0.5) is 0 Å². The largest absolute Gasteiger partial charge is 0.423 e. The minimum atomic E-state index is -0.340. The number of hydrogen-bond acceptors (Lipinski definition) is 2. The molecule has 0 spiro atoms. The van der Waals surface area contributed by atoms with Gasteiger partial charge in [-0.3, -0.25) is 0 Å². The van der Waals surface area contributed by atoms with Crippen LogP contribution in [0.3, 0.4) is 0 Å². The fourth-order valence-corrected chi connectivity index (χ4v) is 2.20. The van der Waals surface area contributed by atoms with Crippen LogP contribution in [0.5, 0.6) is 5.75 Å². The van der Waals surface area contributed by atoms with E-state index in [1.54, 1.807) is 12.1 Å². The molecule has 3 rings (SSSR count). The van der Waals surface area contributed by atoms with Gasteiger partial charge in [0.1, 0.15) is 5.75 Å². The molecule has 24 heavy (non-hydrogen) atoms. The van der Waals surface area contributed by atoms with Crippen molar-refractivity contribution in [2.24, 2.45) is 0 Å². The molecule has 2 heteroatoms. The first-order valence-corrected chi connectivity index (χ1v) is 7.17. The average molecular weight is 320 g/mol. The highest BCUT2D eigenvalue weighted by Crippen LogP contribution is 2.22. The maximum absolute atomic E-state index is 12.1. The number of rotatable bonds is 3. The molecule has 0 aliphatic heterocycles. The van der Waals surface area contributed by atoms with Crippen LogP contribution in [0.2, 0.25) is 0 Å². The first-order chi connectivity index (χ1) is 10.7. The zero-order chi connectivity index (χ0) is 15.4. The van der Waals surface area contributed by atoms with Crippen molar-refractivity contribution in [2.75, 3.05) is 0 Å². The summed E-state index contributed by atoms with van der Waals surface area (Å²) < 4.78 is 5.39. The van der Waals surface area contributed by atoms with Crippen molar-refractivity contribution >= 4 is 5.97 Å². The summed E-state index contributed by atoms with van der Waals surface area (Å²) in [5.74, 6) is 0.206. The van der Waals surface area contributed by atoms with Crippen molar-refractivity contribution in [3.8, 4) is 16.9 Å². The highest BCUT2D eigenvalue weighted by molar-refractivity contribution is 5.91. The molecule has 0 amide bonds. The SMILES string of the molecule is C.C.Cc1ccc(C(=O)Oc2ccc(-c3ccccc3)cc2)cc1. The Balaban J connectivity index is 0.00000144. The third kappa shape index (κ3) is 4.56. The number of carbonyl (C=O) groups excluding carboxylic acids is 1. The van der Waals surface area contributed by atoms with Gasteiger partial charge in [0.05, 0.1) is 5.56 Å². The minimum absolute atomic E-state index is 0. The Morgan fingerprint density at radius 3 is 1.83 bits per heavy atom. The predicted octanol–water partition coefficient (Wildman–Crippen LogP) is 6.15. The van der Waals surface area contributed by atoms with Gasteiger partial charge in [-0.05, 0) is 42.3 Å². The first-order valence-electron chi connectivity index (χ1n) is 7.17. The third-order valence-electron chi connectivity index (χ3n) is 3.46. The lowest BCUT2D eigenvalue weighted by atomic mass is 10.1. The number of aryl methyl sites for hydroxylation is 1. The first kappa shape index (κ1) is 19.2. The molecular weight excluding hydrogens is 296 g/mol. The predicted molar refractivity (Wildman–Crippen MR) is 101 cm³/mol. The summed E-state index contributed by atoms with van der Waals surface area (Å²) in [6.45, 7) is 1.98. The molecule has 0 fully saturated rings. The van der Waals surface area contributed by atoms with E-state index >= 15 is 0 Å². The van der Waals surface area contributed by atoms with Gasteiger partial charge in [0.15, 0.2) is 0 Å². The molecule has 0 saturated carbocycles. The molecular formula is C22H24O2. The van der Waals surface area contributed by atoms with Gasteiger partial charge in [-0.25, -0.2) is 4.79 Å². The molecule has 0 radical (unpaired) electrons. The van der Waals surface area contributed by atoms with Crippen LogP contribution in [0.25, 0.3) is 11.1 Å². The molecule has 0 unspecified atom stereocenters. The minimum Gasteiger partial charge on any atom is -0.423 e. The second-order valence-corrected chi connectivity index (χ2v) is 5.15. The van der Waals surface area contributed by atoms with Crippen LogP contribution in [0, 0.1) is 6.92 Å². The smallest absolute Gasteiger partial charge is 0.343 e. The molecule has 0 saturated heterocycles. The van der Waals surface area contributed by atoms with Crippen molar-refractivity contribution in [3.05, 3.63) is 90.0 Å². The highest BCUT2D eigenvalue weighted by atomic mass is 16.5. The van der Waals surface area contributed by atoms with E-state index in [1.165, 1.54) is 0 Å². The van der Waals surface area contributed by atoms with Gasteiger partial charge in [0, 0.05) is 0 Å². The van der Waals surface area contributed by atoms with Crippen LogP contribution in [0.15, 0.2) is 78.9 Å². The fraction of sp³-hybridized carbons (Fsp3) is 0.136. The molecule has 0 aromatic heterocycles. The summed E-state index contributed by atoms with van der Waals surface area (Å²) in [7, 11) is 0. The van der Waals surface area contributed by atoms with E-state index in [2.05, 4.69) is 0 Å². The molecule has 2 nitrogen and oxygen atoms in total. The Morgan fingerprint density at radius 2 is 1.25 bits per heavy atom. The van der Waals surface area contributed by atoms with Crippen molar-refractivity contribution in [3.63, 3.8) is 0 Å². The zero-order valence-corrected chi connectivity index (χ0v) is 12.3. The molecule has 0 heterocycles. The maximum atomic E-state index is 12.1. The number of benzene rings is 3. The normalized spacial score (nSPS) is 9.38. The summed E-state index contributed by atoms with van der Waals surface area (Å²) >= 11 is 0. The molecule has 0 N–H and O–H groups in total. The van der Waals surface area contributed by atoms with Gasteiger partial charge in [-0.2, -0.15) is 0 Å². The van der Waals surface area contributed by atoms with E-state index in [9.17, 15) is 4.79 Å². The van der Waals surface area contributed by atoms with E-state index in [4.69, 9.17) is 4.74 Å². The molecule has 0 bridgehead atoms. The van der Waals surface area contributed by atoms with E-state index < -0.39 is 0 Å². The lowest BCUT2D eigenvalue weighted by Gasteiger charge is -2.06. The second-order valence-electron chi connectivity index (χ2n) is 5.15. The maximum Gasteiger partial charge on any atom is 0.343 e. The van der Waals surface area contributed by atoms with Gasteiger partial charge in [-0.1, -0.05) is 75.0 Å². The summed E-state index contributed by atoms with van der Waals surface area (Å²) in [4.78, 5) is 12.1. The van der Waals surface area contributed by atoms with Crippen molar-refractivity contribution in [1.29, 1.82) is 0 Å². The quantitative estimate of drug-likeness (QED) is 0.427. The van der Waals surface area contributed by atoms with Gasteiger partial charge in [0.25, 0.3) is 0 Å². The lowest BCUT2D eigenvalue weighted by Crippen LogP contribution is -2.08. The summed E-state index contributed by atoms with van der Waals surface area (Å²) in [6.07, 6.45) is 0. The van der Waals surface area contributed by atoms with Crippen LogP contribution >= 0.6 is 0 Å². The van der Waals surface area contributed by atoms with Gasteiger partial charge < -0.3 is 4.74 Å². The van der Waals surface area contributed by atoms with E-state index in [1.807, 2.05) is 73.7 Å². The van der Waals surface area contributed by atoms with Crippen molar-refractivity contribution in [1.82, 2.24) is 0 Å². The average Bonchev–Trinajstić information content (AvgIpc) is 2.57. The third-order valence-corrected chi connectivity index (χ3v) is 3.46. The molecule has 0 aliphatic carbocycles. The number of esters is 1. The number of hydrogen-bond donors (Lipinski definition) is 0. The van der Waals surface area contributed by atoms with Crippen molar-refractivity contribution in [2.45, 2.75) is 21.8 Å². The van der Waals surface area contributed by atoms with Gasteiger partial charge >= 0.3 is 5.97 Å². The molecule has 0 atom stereocenters. The van der Waals surface area contributed by atoms with E-state index in [0.29, 0.717) is 11.3 Å². The highest BCUT2D eigenvalue weighted by Gasteiger charge is 2.08. The van der Waals surface area contributed by atoms with E-state index in [0.717, 1.165) is 16.7 Å². The summed E-state index contributed by atoms with van der Waals surface area (Å²) in [5.41, 5.74) is 3.90. The molecule has 124 valence electrons. The monoisotopic (exact) mass is 320 g/mol. The van der Waals surface area contributed by atoms with E-state index in [-0.39, 0.29) is 20.8 Å². The summed E-state index contributed by atoms with van der Waals surface area (Å²) in [6, 6.07) is 25.0. The van der Waals surface area contributed by atoms with Gasteiger partial charge in [0.2, 0.25) is 0 Å². The standard InChI is InChI=1S/C20H16O2.2CH4/c1-15-7-9-18(10-8-15)20(21)22-19-13-11-17(12-14-19)16-5-3-2-4-6-16;;/h2-14H,1H3;2*1H4. The zero-order valence-electron chi connectivity index (χ0n) is 12.3. The topological polar surface area (TPSA) is 26.3 Å². The van der Waals surface area contributed by atoms with Crippen LogP contribution in [-0.4, -0.2) is 5.97 Å².